The summed E-state index contributed by atoms with van der Waals surface area (Å²) in [5.74, 6) is -4.04. The zero-order valence-corrected chi connectivity index (χ0v) is 20.8. The number of carbonyl (C=O) groups is 2. The third-order valence-corrected chi connectivity index (χ3v) is 6.38. The molecule has 1 saturated heterocycles. The lowest BCUT2D eigenvalue weighted by atomic mass is 10.0. The summed E-state index contributed by atoms with van der Waals surface area (Å²) in [7, 11) is -3.69. The van der Waals surface area contributed by atoms with Gasteiger partial charge in [0.05, 0.1) is 23.3 Å². The van der Waals surface area contributed by atoms with Gasteiger partial charge >= 0.3 is 6.03 Å². The number of hydrogen-bond acceptors (Lipinski definition) is 4. The Bertz CT molecular complexity index is 1500. The molecule has 1 atom stereocenters. The Morgan fingerprint density at radius 2 is 1.73 bits per heavy atom. The monoisotopic (exact) mass is 552 g/mol. The molecule has 3 amide bonds. The van der Waals surface area contributed by atoms with Crippen LogP contribution in [0.2, 0.25) is 5.02 Å². The Labute approximate surface area is 215 Å². The van der Waals surface area contributed by atoms with Crippen molar-refractivity contribution in [3.05, 3.63) is 77.1 Å². The second-order valence-electron chi connectivity index (χ2n) is 8.23. The van der Waals surface area contributed by atoms with Crippen molar-refractivity contribution < 1.29 is 31.2 Å². The van der Waals surface area contributed by atoms with Crippen molar-refractivity contribution in [3.63, 3.8) is 0 Å². The van der Waals surface area contributed by atoms with Gasteiger partial charge in [0, 0.05) is 22.7 Å². The number of rotatable bonds is 6. The van der Waals surface area contributed by atoms with E-state index in [1.807, 2.05) is 0 Å². The van der Waals surface area contributed by atoms with Crippen LogP contribution in [0.5, 0.6) is 0 Å². The van der Waals surface area contributed by atoms with Crippen LogP contribution in [0.1, 0.15) is 6.42 Å². The molecule has 1 aliphatic heterocycles. The van der Waals surface area contributed by atoms with Gasteiger partial charge in [-0.2, -0.15) is 0 Å². The standard InChI is InChI=1S/C24H20ClF3N4O4S/c1-37(35,36)31-17-5-3-2-4-14(17)15-7-9-20(22(28)21(15)27)32-11-10-19(23(32)33)30-24(34)29-18-8-6-13(25)12-16(18)26/h2-9,12,19,31H,10-11H2,1H3,(H2,29,30,34)/t19-/m1/s1. The molecule has 1 fully saturated rings. The van der Waals surface area contributed by atoms with E-state index in [4.69, 9.17) is 11.6 Å². The number of anilines is 3. The molecule has 0 aliphatic carbocycles. The Hall–Kier alpha value is -3.77. The van der Waals surface area contributed by atoms with Crippen LogP contribution in [0, 0.1) is 17.5 Å². The highest BCUT2D eigenvalue weighted by Gasteiger charge is 2.36. The zero-order valence-electron chi connectivity index (χ0n) is 19.2. The molecule has 194 valence electrons. The molecule has 0 radical (unpaired) electrons. The van der Waals surface area contributed by atoms with Crippen LogP contribution in [0.3, 0.4) is 0 Å². The minimum atomic E-state index is -3.69. The number of amides is 3. The molecule has 13 heteroatoms. The summed E-state index contributed by atoms with van der Waals surface area (Å²) in [6, 6.07) is 10.1. The van der Waals surface area contributed by atoms with Crippen LogP contribution in [-0.2, 0) is 14.8 Å². The number of sulfonamides is 1. The molecule has 0 unspecified atom stereocenters. The third kappa shape index (κ3) is 5.81. The number of nitrogens with one attached hydrogen (secondary N) is 3. The Kier molecular flexibility index (Phi) is 7.32. The van der Waals surface area contributed by atoms with E-state index in [0.29, 0.717) is 0 Å². The van der Waals surface area contributed by atoms with Crippen molar-refractivity contribution in [3.8, 4) is 11.1 Å². The fraction of sp³-hybridized carbons (Fsp3) is 0.167. The first-order valence-corrected chi connectivity index (χ1v) is 13.1. The molecule has 1 heterocycles. The van der Waals surface area contributed by atoms with Gasteiger partial charge in [-0.05, 0) is 42.8 Å². The van der Waals surface area contributed by atoms with E-state index in [1.165, 1.54) is 48.5 Å². The van der Waals surface area contributed by atoms with Crippen molar-refractivity contribution in [1.82, 2.24) is 5.32 Å². The van der Waals surface area contributed by atoms with Gasteiger partial charge in [0.15, 0.2) is 11.6 Å². The smallest absolute Gasteiger partial charge is 0.319 e. The van der Waals surface area contributed by atoms with Gasteiger partial charge < -0.3 is 15.5 Å². The first-order chi connectivity index (χ1) is 17.4. The van der Waals surface area contributed by atoms with Gasteiger partial charge in [-0.15, -0.1) is 0 Å². The highest BCUT2D eigenvalue weighted by atomic mass is 35.5. The van der Waals surface area contributed by atoms with Crippen molar-refractivity contribution in [2.24, 2.45) is 0 Å². The summed E-state index contributed by atoms with van der Waals surface area (Å²) < 4.78 is 69.8. The largest absolute Gasteiger partial charge is 0.326 e. The molecule has 37 heavy (non-hydrogen) atoms. The number of benzene rings is 3. The minimum absolute atomic E-state index is 0.0129. The average Bonchev–Trinajstić information content (AvgIpc) is 3.17. The first-order valence-electron chi connectivity index (χ1n) is 10.8. The van der Waals surface area contributed by atoms with Gasteiger partial charge in [0.2, 0.25) is 15.9 Å². The van der Waals surface area contributed by atoms with Crippen molar-refractivity contribution >= 4 is 50.6 Å². The fourth-order valence-corrected chi connectivity index (χ4v) is 4.66. The fourth-order valence-electron chi connectivity index (χ4n) is 3.92. The predicted molar refractivity (Wildman–Crippen MR) is 135 cm³/mol. The molecule has 1 aliphatic rings. The van der Waals surface area contributed by atoms with Crippen LogP contribution >= 0.6 is 11.6 Å². The molecule has 8 nitrogen and oxygen atoms in total. The van der Waals surface area contributed by atoms with Gasteiger partial charge in [0.25, 0.3) is 0 Å². The van der Waals surface area contributed by atoms with Crippen molar-refractivity contribution in [1.29, 1.82) is 0 Å². The molecule has 0 aromatic heterocycles. The first kappa shape index (κ1) is 26.3. The minimum Gasteiger partial charge on any atom is -0.326 e. The summed E-state index contributed by atoms with van der Waals surface area (Å²) in [5, 5.41) is 4.81. The molecule has 4 rings (SSSR count). The maximum Gasteiger partial charge on any atom is 0.319 e. The summed E-state index contributed by atoms with van der Waals surface area (Å²) >= 11 is 5.68. The maximum atomic E-state index is 15.1. The van der Waals surface area contributed by atoms with E-state index in [1.54, 1.807) is 0 Å². The lowest BCUT2D eigenvalue weighted by Crippen LogP contribution is -2.43. The predicted octanol–water partition coefficient (Wildman–Crippen LogP) is 4.72. The lowest BCUT2D eigenvalue weighted by Gasteiger charge is -2.20. The average molecular weight is 553 g/mol. The quantitative estimate of drug-likeness (QED) is 0.411. The van der Waals surface area contributed by atoms with E-state index in [9.17, 15) is 22.4 Å². The molecule has 0 bridgehead atoms. The van der Waals surface area contributed by atoms with E-state index in [-0.39, 0.29) is 46.2 Å². The van der Waals surface area contributed by atoms with Crippen LogP contribution < -0.4 is 20.3 Å². The summed E-state index contributed by atoms with van der Waals surface area (Å²) in [6.45, 7) is -0.0129. The lowest BCUT2D eigenvalue weighted by molar-refractivity contribution is -0.118. The molecular weight excluding hydrogens is 533 g/mol. The number of nitrogens with zero attached hydrogens (tertiary/aromatic N) is 1. The molecule has 3 aromatic carbocycles. The van der Waals surface area contributed by atoms with Crippen LogP contribution in [-0.4, -0.2) is 39.2 Å². The van der Waals surface area contributed by atoms with Crippen molar-refractivity contribution in [2.45, 2.75) is 12.5 Å². The van der Waals surface area contributed by atoms with Gasteiger partial charge in [-0.25, -0.2) is 26.4 Å². The van der Waals surface area contributed by atoms with E-state index < -0.39 is 45.5 Å². The van der Waals surface area contributed by atoms with E-state index in [2.05, 4.69) is 15.4 Å². The third-order valence-electron chi connectivity index (χ3n) is 5.56. The summed E-state index contributed by atoms with van der Waals surface area (Å²) in [5.41, 5.74) is -0.541. The highest BCUT2D eigenvalue weighted by Crippen LogP contribution is 2.36. The van der Waals surface area contributed by atoms with Gasteiger partial charge in [0.1, 0.15) is 11.9 Å². The van der Waals surface area contributed by atoms with E-state index in [0.717, 1.165) is 17.2 Å². The summed E-state index contributed by atoms with van der Waals surface area (Å²) in [6.07, 6.45) is 1.03. The molecule has 0 spiro atoms. The SMILES string of the molecule is CS(=O)(=O)Nc1ccccc1-c1ccc(N2CC[C@@H](NC(=O)Nc3ccc(Cl)cc3F)C2=O)c(F)c1F. The van der Waals surface area contributed by atoms with Gasteiger partial charge in [-0.3, -0.25) is 9.52 Å². The molecular formula is C24H20ClF3N4O4S. The molecule has 0 saturated carbocycles. The van der Waals surface area contributed by atoms with Crippen LogP contribution in [0.15, 0.2) is 54.6 Å². The van der Waals surface area contributed by atoms with Crippen molar-refractivity contribution in [2.75, 3.05) is 27.7 Å². The number of para-hydroxylation sites is 1. The van der Waals surface area contributed by atoms with E-state index >= 15 is 8.78 Å². The zero-order chi connectivity index (χ0) is 26.9. The van der Waals surface area contributed by atoms with Crippen LogP contribution in [0.4, 0.5) is 35.0 Å². The highest BCUT2D eigenvalue weighted by molar-refractivity contribution is 7.92. The second-order valence-corrected chi connectivity index (χ2v) is 10.4. The molecule has 3 N–H and O–H groups in total. The number of urea groups is 1. The Morgan fingerprint density at radius 3 is 2.43 bits per heavy atom. The second kappa shape index (κ2) is 10.3. The topological polar surface area (TPSA) is 108 Å². The van der Waals surface area contributed by atoms with Crippen LogP contribution in [0.25, 0.3) is 11.1 Å². The Morgan fingerprint density at radius 1 is 1.00 bits per heavy atom. The normalized spacial score (nSPS) is 15.5. The van der Waals surface area contributed by atoms with Gasteiger partial charge in [-0.1, -0.05) is 29.8 Å². The number of hydrogen-bond donors (Lipinski definition) is 3. The number of halogens is 4. The number of carbonyl (C=O) groups excluding carboxylic acids is 2. The maximum absolute atomic E-state index is 15.1. The Balaban J connectivity index is 1.52. The molecule has 3 aromatic rings. The summed E-state index contributed by atoms with van der Waals surface area (Å²) in [4.78, 5) is 26.1.